The van der Waals surface area contributed by atoms with Gasteiger partial charge in [-0.1, -0.05) is 37.3 Å². The summed E-state index contributed by atoms with van der Waals surface area (Å²) in [5, 5.41) is 0. The lowest BCUT2D eigenvalue weighted by molar-refractivity contribution is -0.153. The van der Waals surface area contributed by atoms with Crippen molar-refractivity contribution in [2.45, 2.75) is 38.8 Å². The first-order chi connectivity index (χ1) is 11.3. The topological polar surface area (TPSA) is 83.7 Å². The standard InChI is InChI=1S/C18H23N3O3/c1-12-10-21(16(23)15(19)22)14(13-6-4-3-5-7-13)11-20(12)17(24)18(2)8-9-18/h3-7,12,14H,8-11H2,1-2H3,(H2,19,22). The Balaban J connectivity index is 1.91. The third-order valence-electron chi connectivity index (χ3n) is 5.17. The van der Waals surface area contributed by atoms with Crippen molar-refractivity contribution in [3.8, 4) is 0 Å². The van der Waals surface area contributed by atoms with Gasteiger partial charge >= 0.3 is 11.8 Å². The number of rotatable bonds is 2. The minimum absolute atomic E-state index is 0.141. The Hall–Kier alpha value is -2.37. The Labute approximate surface area is 141 Å². The summed E-state index contributed by atoms with van der Waals surface area (Å²) in [5.41, 5.74) is 5.86. The van der Waals surface area contributed by atoms with Crippen LogP contribution in [0.4, 0.5) is 0 Å². The minimum atomic E-state index is -0.961. The second kappa shape index (κ2) is 5.92. The van der Waals surface area contributed by atoms with Crippen LogP contribution in [0, 0.1) is 5.41 Å². The Morgan fingerprint density at radius 2 is 1.71 bits per heavy atom. The van der Waals surface area contributed by atoms with E-state index in [1.54, 1.807) is 0 Å². The fourth-order valence-corrected chi connectivity index (χ4v) is 3.33. The van der Waals surface area contributed by atoms with E-state index in [2.05, 4.69) is 0 Å². The van der Waals surface area contributed by atoms with Gasteiger partial charge in [-0.25, -0.2) is 0 Å². The van der Waals surface area contributed by atoms with Crippen LogP contribution >= 0.6 is 0 Å². The molecule has 1 heterocycles. The Bertz CT molecular complexity index is 669. The molecule has 2 unspecified atom stereocenters. The fourth-order valence-electron chi connectivity index (χ4n) is 3.33. The monoisotopic (exact) mass is 329 g/mol. The third-order valence-corrected chi connectivity index (χ3v) is 5.17. The Morgan fingerprint density at radius 1 is 1.08 bits per heavy atom. The first-order valence-corrected chi connectivity index (χ1v) is 8.30. The van der Waals surface area contributed by atoms with E-state index in [1.807, 2.05) is 49.1 Å². The van der Waals surface area contributed by atoms with Crippen LogP contribution < -0.4 is 5.73 Å². The lowest BCUT2D eigenvalue weighted by Gasteiger charge is -2.46. The number of benzene rings is 1. The van der Waals surface area contributed by atoms with Crippen LogP contribution in [0.5, 0.6) is 0 Å². The van der Waals surface area contributed by atoms with Crippen molar-refractivity contribution in [3.05, 3.63) is 35.9 Å². The molecule has 2 fully saturated rings. The smallest absolute Gasteiger partial charge is 0.312 e. The van der Waals surface area contributed by atoms with Gasteiger partial charge in [0.05, 0.1) is 6.04 Å². The van der Waals surface area contributed by atoms with Crippen molar-refractivity contribution >= 4 is 17.7 Å². The van der Waals surface area contributed by atoms with Crippen molar-refractivity contribution in [2.75, 3.05) is 13.1 Å². The molecule has 2 atom stereocenters. The maximum absolute atomic E-state index is 12.8. The molecule has 0 radical (unpaired) electrons. The number of piperazine rings is 1. The van der Waals surface area contributed by atoms with E-state index >= 15 is 0 Å². The van der Waals surface area contributed by atoms with E-state index in [0.717, 1.165) is 18.4 Å². The molecule has 0 aromatic heterocycles. The van der Waals surface area contributed by atoms with Crippen LogP contribution in [-0.4, -0.2) is 46.7 Å². The zero-order valence-corrected chi connectivity index (χ0v) is 14.1. The maximum Gasteiger partial charge on any atom is 0.312 e. The van der Waals surface area contributed by atoms with E-state index in [0.29, 0.717) is 13.1 Å². The number of hydrogen-bond donors (Lipinski definition) is 1. The number of primary amides is 1. The minimum Gasteiger partial charge on any atom is -0.361 e. The summed E-state index contributed by atoms with van der Waals surface area (Å²) in [6.07, 6.45) is 1.82. The lowest BCUT2D eigenvalue weighted by Crippen LogP contribution is -2.59. The molecule has 1 aromatic carbocycles. The lowest BCUT2D eigenvalue weighted by atomic mass is 9.97. The van der Waals surface area contributed by atoms with Gasteiger partial charge in [-0.3, -0.25) is 14.4 Å². The van der Waals surface area contributed by atoms with Crippen molar-refractivity contribution < 1.29 is 14.4 Å². The molecule has 24 heavy (non-hydrogen) atoms. The largest absolute Gasteiger partial charge is 0.361 e. The molecule has 3 rings (SSSR count). The third kappa shape index (κ3) is 2.88. The SMILES string of the molecule is CC1CN(C(=O)C(N)=O)C(c2ccccc2)CN1C(=O)C1(C)CC1. The van der Waals surface area contributed by atoms with Crippen LogP contribution in [0.2, 0.25) is 0 Å². The molecule has 0 bridgehead atoms. The van der Waals surface area contributed by atoms with Crippen molar-refractivity contribution in [2.24, 2.45) is 11.1 Å². The van der Waals surface area contributed by atoms with Gasteiger partial charge in [0.25, 0.3) is 0 Å². The van der Waals surface area contributed by atoms with E-state index in [9.17, 15) is 14.4 Å². The predicted molar refractivity (Wildman–Crippen MR) is 88.6 cm³/mol. The summed E-state index contributed by atoms with van der Waals surface area (Å²) >= 11 is 0. The molecule has 1 saturated carbocycles. The highest BCUT2D eigenvalue weighted by atomic mass is 16.2. The maximum atomic E-state index is 12.8. The van der Waals surface area contributed by atoms with E-state index in [1.165, 1.54) is 4.90 Å². The number of carbonyl (C=O) groups is 3. The molecule has 1 aliphatic heterocycles. The average Bonchev–Trinajstić information content (AvgIpc) is 3.33. The van der Waals surface area contributed by atoms with E-state index in [4.69, 9.17) is 5.73 Å². The van der Waals surface area contributed by atoms with Crippen LogP contribution in [0.15, 0.2) is 30.3 Å². The van der Waals surface area contributed by atoms with Crippen LogP contribution in [0.3, 0.4) is 0 Å². The summed E-state index contributed by atoms with van der Waals surface area (Å²) in [6.45, 7) is 4.59. The summed E-state index contributed by atoms with van der Waals surface area (Å²) in [4.78, 5) is 39.8. The molecular formula is C18H23N3O3. The Morgan fingerprint density at radius 3 is 2.25 bits per heavy atom. The highest BCUT2D eigenvalue weighted by Gasteiger charge is 2.50. The molecule has 1 saturated heterocycles. The summed E-state index contributed by atoms with van der Waals surface area (Å²) < 4.78 is 0. The number of nitrogens with two attached hydrogens (primary N) is 1. The zero-order chi connectivity index (χ0) is 17.5. The molecule has 0 spiro atoms. The molecule has 6 heteroatoms. The van der Waals surface area contributed by atoms with E-state index in [-0.39, 0.29) is 23.4 Å². The average molecular weight is 329 g/mol. The molecule has 128 valence electrons. The summed E-state index contributed by atoms with van der Waals surface area (Å²) in [6, 6.07) is 8.98. The van der Waals surface area contributed by atoms with Crippen molar-refractivity contribution in [3.63, 3.8) is 0 Å². The van der Waals surface area contributed by atoms with Crippen LogP contribution in [0.1, 0.15) is 38.3 Å². The second-order valence-corrected chi connectivity index (χ2v) is 7.12. The number of hydrogen-bond acceptors (Lipinski definition) is 3. The highest BCUT2D eigenvalue weighted by Crippen LogP contribution is 2.47. The molecule has 6 nitrogen and oxygen atoms in total. The predicted octanol–water partition coefficient (Wildman–Crippen LogP) is 1.07. The van der Waals surface area contributed by atoms with Crippen molar-refractivity contribution in [1.82, 2.24) is 9.80 Å². The van der Waals surface area contributed by atoms with Gasteiger partial charge in [0.1, 0.15) is 0 Å². The molecule has 2 N–H and O–H groups in total. The Kier molecular flexibility index (Phi) is 4.07. The molecule has 1 aliphatic carbocycles. The first-order valence-electron chi connectivity index (χ1n) is 8.30. The van der Waals surface area contributed by atoms with Gasteiger partial charge in [-0.15, -0.1) is 0 Å². The normalized spacial score (nSPS) is 25.2. The molecule has 1 aromatic rings. The van der Waals surface area contributed by atoms with Gasteiger partial charge in [0, 0.05) is 24.5 Å². The first kappa shape index (κ1) is 16.5. The second-order valence-electron chi connectivity index (χ2n) is 7.12. The van der Waals surface area contributed by atoms with E-state index < -0.39 is 11.8 Å². The van der Waals surface area contributed by atoms with Crippen LogP contribution in [-0.2, 0) is 14.4 Å². The van der Waals surface area contributed by atoms with Gasteiger partial charge in [-0.05, 0) is 25.3 Å². The number of amides is 3. The summed E-state index contributed by atoms with van der Waals surface area (Å²) in [5.74, 6) is -1.51. The number of carbonyl (C=O) groups excluding carboxylic acids is 3. The quantitative estimate of drug-likeness (QED) is 0.824. The number of nitrogens with zero attached hydrogens (tertiary/aromatic N) is 2. The van der Waals surface area contributed by atoms with Gasteiger partial charge < -0.3 is 15.5 Å². The molecule has 2 aliphatic rings. The van der Waals surface area contributed by atoms with Crippen molar-refractivity contribution in [1.29, 1.82) is 0 Å². The molecular weight excluding hydrogens is 306 g/mol. The van der Waals surface area contributed by atoms with Gasteiger partial charge in [0.2, 0.25) is 5.91 Å². The summed E-state index contributed by atoms with van der Waals surface area (Å²) in [7, 11) is 0. The van der Waals surface area contributed by atoms with Gasteiger partial charge in [-0.2, -0.15) is 0 Å². The zero-order valence-electron chi connectivity index (χ0n) is 14.1. The van der Waals surface area contributed by atoms with Gasteiger partial charge in [0.15, 0.2) is 0 Å². The highest BCUT2D eigenvalue weighted by molar-refractivity contribution is 6.34. The fraction of sp³-hybridized carbons (Fsp3) is 0.500. The van der Waals surface area contributed by atoms with Crippen LogP contribution in [0.25, 0.3) is 0 Å². The molecule has 3 amide bonds.